The van der Waals surface area contributed by atoms with Gasteiger partial charge < -0.3 is 0 Å². The third kappa shape index (κ3) is 4.14. The Balaban J connectivity index is 3.02. The minimum Gasteiger partial charge on any atom is -0.288 e. The van der Waals surface area contributed by atoms with Crippen molar-refractivity contribution in [3.8, 4) is 12.1 Å². The third-order valence-corrected chi connectivity index (χ3v) is 2.36. The second-order valence-corrected chi connectivity index (χ2v) is 3.87. The van der Waals surface area contributed by atoms with E-state index in [4.69, 9.17) is 10.5 Å². The molecule has 0 fully saturated rings. The summed E-state index contributed by atoms with van der Waals surface area (Å²) in [5.74, 6) is -0.147. The number of rotatable bonds is 3. The first kappa shape index (κ1) is 14.2. The second-order valence-electron chi connectivity index (χ2n) is 3.87. The maximum absolute atomic E-state index is 11.6. The van der Waals surface area contributed by atoms with Gasteiger partial charge in [0.25, 0.3) is 0 Å². The van der Waals surface area contributed by atoms with Crippen LogP contribution in [0.3, 0.4) is 0 Å². The van der Waals surface area contributed by atoms with E-state index in [0.29, 0.717) is 0 Å². The summed E-state index contributed by atoms with van der Waals surface area (Å²) in [6, 6.07) is 11.0. The van der Waals surface area contributed by atoms with Crippen molar-refractivity contribution in [3.05, 3.63) is 53.8 Å². The number of nitriles is 2. The Kier molecular flexibility index (Phi) is 5.07. The molecule has 0 saturated heterocycles. The average Bonchev–Trinajstić information content (AvgIpc) is 2.38. The van der Waals surface area contributed by atoms with Gasteiger partial charge in [-0.2, -0.15) is 10.5 Å². The van der Waals surface area contributed by atoms with Gasteiger partial charge in [0.1, 0.15) is 17.7 Å². The van der Waals surface area contributed by atoms with E-state index >= 15 is 0 Å². The van der Waals surface area contributed by atoms with E-state index in [-0.39, 0.29) is 11.5 Å². The van der Waals surface area contributed by atoms with Gasteiger partial charge in [0, 0.05) is 18.8 Å². The summed E-state index contributed by atoms with van der Waals surface area (Å²) < 4.78 is 0. The van der Waals surface area contributed by atoms with E-state index in [0.717, 1.165) is 11.3 Å². The van der Waals surface area contributed by atoms with Crippen LogP contribution in [0.4, 0.5) is 5.69 Å². The van der Waals surface area contributed by atoms with Crippen LogP contribution in [0.15, 0.2) is 48.2 Å². The largest absolute Gasteiger partial charge is 0.288 e. The molecule has 4 heteroatoms. The van der Waals surface area contributed by atoms with E-state index in [2.05, 4.69) is 0 Å². The molecule has 0 saturated carbocycles. The van der Waals surface area contributed by atoms with Crippen LogP contribution in [-0.4, -0.2) is 5.91 Å². The number of amides is 1. The lowest BCUT2D eigenvalue weighted by molar-refractivity contribution is -0.115. The molecular formula is C15H13N3O. The summed E-state index contributed by atoms with van der Waals surface area (Å²) in [6.45, 7) is 3.39. The molecule has 1 aromatic rings. The fourth-order valence-electron chi connectivity index (χ4n) is 1.48. The van der Waals surface area contributed by atoms with Crippen LogP contribution >= 0.6 is 0 Å². The Bertz CT molecular complexity index is 599. The standard InChI is InChI=1S/C15H13N3O/c1-12-5-3-7-15(9-12)18(13(2)19)8-4-6-14(10-16)11-17/h3-9H,1-2H3. The molecule has 1 rings (SSSR count). The predicted octanol–water partition coefficient (Wildman–Crippen LogP) is 2.84. The van der Waals surface area contributed by atoms with Crippen molar-refractivity contribution in [1.29, 1.82) is 10.5 Å². The van der Waals surface area contributed by atoms with Gasteiger partial charge in [-0.1, -0.05) is 12.1 Å². The number of allylic oxidation sites excluding steroid dienone is 3. The van der Waals surface area contributed by atoms with Gasteiger partial charge in [0.15, 0.2) is 0 Å². The minimum atomic E-state index is -0.147. The summed E-state index contributed by atoms with van der Waals surface area (Å²) in [6.07, 6.45) is 4.41. The zero-order valence-electron chi connectivity index (χ0n) is 10.8. The van der Waals surface area contributed by atoms with E-state index in [1.165, 1.54) is 30.2 Å². The lowest BCUT2D eigenvalue weighted by Gasteiger charge is -2.16. The number of benzene rings is 1. The highest BCUT2D eigenvalue weighted by molar-refractivity contribution is 5.93. The molecule has 94 valence electrons. The third-order valence-electron chi connectivity index (χ3n) is 2.36. The van der Waals surface area contributed by atoms with Crippen LogP contribution in [0.2, 0.25) is 0 Å². The molecule has 0 aliphatic heterocycles. The highest BCUT2D eigenvalue weighted by Crippen LogP contribution is 2.16. The molecule has 0 bridgehead atoms. The predicted molar refractivity (Wildman–Crippen MR) is 72.8 cm³/mol. The van der Waals surface area contributed by atoms with E-state index in [9.17, 15) is 4.79 Å². The van der Waals surface area contributed by atoms with Gasteiger partial charge >= 0.3 is 0 Å². The van der Waals surface area contributed by atoms with Gasteiger partial charge in [-0.3, -0.25) is 9.69 Å². The molecule has 0 atom stereocenters. The first-order valence-corrected chi connectivity index (χ1v) is 5.63. The van der Waals surface area contributed by atoms with Crippen molar-refractivity contribution in [2.75, 3.05) is 4.90 Å². The Morgan fingerprint density at radius 3 is 2.53 bits per heavy atom. The van der Waals surface area contributed by atoms with Crippen molar-refractivity contribution in [1.82, 2.24) is 0 Å². The summed E-state index contributed by atoms with van der Waals surface area (Å²) in [4.78, 5) is 13.0. The minimum absolute atomic E-state index is 0.0102. The van der Waals surface area contributed by atoms with Gasteiger partial charge in [0.2, 0.25) is 5.91 Å². The second kappa shape index (κ2) is 6.78. The first-order chi connectivity index (χ1) is 9.08. The number of hydrogen-bond acceptors (Lipinski definition) is 3. The highest BCUT2D eigenvalue weighted by atomic mass is 16.2. The molecule has 0 radical (unpaired) electrons. The zero-order chi connectivity index (χ0) is 14.3. The Morgan fingerprint density at radius 2 is 2.00 bits per heavy atom. The molecule has 0 N–H and O–H groups in total. The number of nitrogens with zero attached hydrogens (tertiary/aromatic N) is 3. The zero-order valence-corrected chi connectivity index (χ0v) is 10.8. The molecule has 1 aromatic carbocycles. The van der Waals surface area contributed by atoms with Crippen molar-refractivity contribution >= 4 is 11.6 Å². The molecule has 0 aliphatic carbocycles. The number of aryl methyl sites for hydroxylation is 1. The van der Waals surface area contributed by atoms with E-state index in [1.807, 2.05) is 31.2 Å². The molecule has 0 heterocycles. The number of hydrogen-bond donors (Lipinski definition) is 0. The quantitative estimate of drug-likeness (QED) is 0.612. The Hall–Kier alpha value is -2.85. The van der Waals surface area contributed by atoms with Crippen molar-refractivity contribution in [3.63, 3.8) is 0 Å². The van der Waals surface area contributed by atoms with Crippen molar-refractivity contribution in [2.45, 2.75) is 13.8 Å². The van der Waals surface area contributed by atoms with Gasteiger partial charge in [-0.05, 0) is 36.8 Å². The Morgan fingerprint density at radius 1 is 1.32 bits per heavy atom. The van der Waals surface area contributed by atoms with Crippen LogP contribution in [-0.2, 0) is 4.79 Å². The molecule has 1 amide bonds. The lowest BCUT2D eigenvalue weighted by atomic mass is 10.2. The van der Waals surface area contributed by atoms with Crippen LogP contribution in [0.1, 0.15) is 12.5 Å². The van der Waals surface area contributed by atoms with Crippen molar-refractivity contribution < 1.29 is 4.79 Å². The summed E-state index contributed by atoms with van der Waals surface area (Å²) >= 11 is 0. The maximum Gasteiger partial charge on any atom is 0.227 e. The monoisotopic (exact) mass is 251 g/mol. The number of carbonyl (C=O) groups is 1. The molecule has 0 aromatic heterocycles. The van der Waals surface area contributed by atoms with E-state index in [1.54, 1.807) is 12.1 Å². The first-order valence-electron chi connectivity index (χ1n) is 5.63. The summed E-state index contributed by atoms with van der Waals surface area (Å²) in [5.41, 5.74) is 1.78. The van der Waals surface area contributed by atoms with Gasteiger partial charge in [-0.25, -0.2) is 0 Å². The van der Waals surface area contributed by atoms with Crippen LogP contribution in [0.25, 0.3) is 0 Å². The van der Waals surface area contributed by atoms with Crippen LogP contribution in [0.5, 0.6) is 0 Å². The smallest absolute Gasteiger partial charge is 0.227 e. The summed E-state index contributed by atoms with van der Waals surface area (Å²) in [7, 11) is 0. The molecule has 0 unspecified atom stereocenters. The molecule has 4 nitrogen and oxygen atoms in total. The summed E-state index contributed by atoms with van der Waals surface area (Å²) in [5, 5.41) is 17.2. The van der Waals surface area contributed by atoms with Crippen molar-refractivity contribution in [2.24, 2.45) is 0 Å². The fraction of sp³-hybridized carbons (Fsp3) is 0.133. The number of carbonyl (C=O) groups excluding carboxylic acids is 1. The van der Waals surface area contributed by atoms with Crippen LogP contribution < -0.4 is 4.90 Å². The lowest BCUT2D eigenvalue weighted by Crippen LogP contribution is -2.21. The normalized spacial score (nSPS) is 9.47. The SMILES string of the molecule is CC(=O)N(C=CC=C(C#N)C#N)c1cccc(C)c1. The average molecular weight is 251 g/mol. The topological polar surface area (TPSA) is 67.9 Å². The molecule has 0 aliphatic rings. The highest BCUT2D eigenvalue weighted by Gasteiger charge is 2.07. The van der Waals surface area contributed by atoms with Gasteiger partial charge in [0.05, 0.1) is 0 Å². The number of anilines is 1. The maximum atomic E-state index is 11.6. The Labute approximate surface area is 112 Å². The molecule has 0 spiro atoms. The van der Waals surface area contributed by atoms with Crippen LogP contribution in [0, 0.1) is 29.6 Å². The molecular weight excluding hydrogens is 238 g/mol. The molecule has 19 heavy (non-hydrogen) atoms. The van der Waals surface area contributed by atoms with Gasteiger partial charge in [-0.15, -0.1) is 0 Å². The fourth-order valence-corrected chi connectivity index (χ4v) is 1.48. The van der Waals surface area contributed by atoms with E-state index < -0.39 is 0 Å².